The Hall–Kier alpha value is -1.95. The van der Waals surface area contributed by atoms with Crippen molar-refractivity contribution in [2.45, 2.75) is 32.4 Å². The van der Waals surface area contributed by atoms with Gasteiger partial charge in [0.15, 0.2) is 0 Å². The van der Waals surface area contributed by atoms with Gasteiger partial charge in [0.1, 0.15) is 11.6 Å². The number of para-hydroxylation sites is 1. The molecule has 1 rings (SSSR count). The van der Waals surface area contributed by atoms with E-state index in [1.54, 1.807) is 26.8 Å². The maximum Gasteiger partial charge on any atom is 0.328 e. The number of carbonyl (C=O) groups excluding carboxylic acids is 1. The van der Waals surface area contributed by atoms with Gasteiger partial charge in [-0.15, -0.1) is 0 Å². The monoisotopic (exact) mass is 252 g/mol. The minimum absolute atomic E-state index is 0.150. The van der Waals surface area contributed by atoms with Crippen molar-refractivity contribution in [1.29, 1.82) is 0 Å². The molecule has 6 nitrogen and oxygen atoms in total. The molecule has 0 saturated carbocycles. The Morgan fingerprint density at radius 1 is 1.39 bits per heavy atom. The zero-order chi connectivity index (χ0) is 13.9. The number of esters is 1. The van der Waals surface area contributed by atoms with Crippen LogP contribution in [0.1, 0.15) is 32.4 Å². The second-order valence-electron chi connectivity index (χ2n) is 4.83. The predicted octanol–water partition coefficient (Wildman–Crippen LogP) is 1.94. The van der Waals surface area contributed by atoms with Crippen molar-refractivity contribution in [2.24, 2.45) is 5.73 Å². The van der Waals surface area contributed by atoms with Crippen molar-refractivity contribution in [3.05, 3.63) is 39.9 Å². The lowest BCUT2D eigenvalue weighted by Gasteiger charge is -2.22. The van der Waals surface area contributed by atoms with E-state index in [4.69, 9.17) is 10.5 Å². The Kier molecular flexibility index (Phi) is 4.03. The Balaban J connectivity index is 3.00. The van der Waals surface area contributed by atoms with Gasteiger partial charge in [0.2, 0.25) is 0 Å². The van der Waals surface area contributed by atoms with Crippen LogP contribution in [0.4, 0.5) is 5.69 Å². The number of nitrogens with zero attached hydrogens (tertiary/aromatic N) is 1. The third-order valence-corrected chi connectivity index (χ3v) is 2.13. The summed E-state index contributed by atoms with van der Waals surface area (Å²) in [4.78, 5) is 22.0. The van der Waals surface area contributed by atoms with E-state index in [1.807, 2.05) is 0 Å². The number of nitrogens with two attached hydrogens (primary N) is 1. The summed E-state index contributed by atoms with van der Waals surface area (Å²) in [6, 6.07) is 4.70. The van der Waals surface area contributed by atoms with Crippen LogP contribution in [0.25, 0.3) is 0 Å². The maximum atomic E-state index is 11.8. The Morgan fingerprint density at radius 3 is 2.44 bits per heavy atom. The molecule has 2 N–H and O–H groups in total. The summed E-state index contributed by atoms with van der Waals surface area (Å²) in [5.41, 5.74) is 4.99. The smallest absolute Gasteiger partial charge is 0.328 e. The topological polar surface area (TPSA) is 95.5 Å². The first-order valence-electron chi connectivity index (χ1n) is 5.44. The van der Waals surface area contributed by atoms with Crippen LogP contribution >= 0.6 is 0 Å². The molecule has 0 aliphatic rings. The van der Waals surface area contributed by atoms with Crippen LogP contribution in [0, 0.1) is 10.1 Å². The molecule has 6 heteroatoms. The van der Waals surface area contributed by atoms with Gasteiger partial charge in [0.25, 0.3) is 5.69 Å². The molecule has 0 radical (unpaired) electrons. The third kappa shape index (κ3) is 3.53. The van der Waals surface area contributed by atoms with Crippen LogP contribution in [0.3, 0.4) is 0 Å². The molecule has 18 heavy (non-hydrogen) atoms. The first-order chi connectivity index (χ1) is 8.22. The summed E-state index contributed by atoms with van der Waals surface area (Å²) >= 11 is 0. The van der Waals surface area contributed by atoms with Crippen LogP contribution in [-0.2, 0) is 9.53 Å². The molecule has 1 atom stereocenters. The van der Waals surface area contributed by atoms with Crippen molar-refractivity contribution in [1.82, 2.24) is 0 Å². The van der Waals surface area contributed by atoms with Gasteiger partial charge < -0.3 is 10.5 Å². The Bertz CT molecular complexity index is 465. The van der Waals surface area contributed by atoms with Gasteiger partial charge in [-0.3, -0.25) is 10.1 Å². The number of rotatable bonds is 3. The number of carbonyl (C=O) groups is 1. The van der Waals surface area contributed by atoms with Crippen molar-refractivity contribution < 1.29 is 14.5 Å². The quantitative estimate of drug-likeness (QED) is 0.503. The van der Waals surface area contributed by atoms with E-state index >= 15 is 0 Å². The van der Waals surface area contributed by atoms with Gasteiger partial charge in [-0.1, -0.05) is 12.1 Å². The summed E-state index contributed by atoms with van der Waals surface area (Å²) in [5, 5.41) is 10.8. The molecule has 0 aliphatic carbocycles. The second kappa shape index (κ2) is 5.14. The van der Waals surface area contributed by atoms with Gasteiger partial charge >= 0.3 is 5.97 Å². The molecule has 98 valence electrons. The Morgan fingerprint density at radius 2 is 1.94 bits per heavy atom. The fourth-order valence-electron chi connectivity index (χ4n) is 1.41. The largest absolute Gasteiger partial charge is 0.459 e. The molecule has 1 aromatic rings. The van der Waals surface area contributed by atoms with E-state index in [2.05, 4.69) is 0 Å². The lowest BCUT2D eigenvalue weighted by atomic mass is 10.1. The minimum atomic E-state index is -1.16. The average molecular weight is 252 g/mol. The lowest BCUT2D eigenvalue weighted by molar-refractivity contribution is -0.385. The van der Waals surface area contributed by atoms with E-state index in [9.17, 15) is 14.9 Å². The van der Waals surface area contributed by atoms with Gasteiger partial charge in [-0.05, 0) is 26.8 Å². The molecular formula is C12H16N2O4. The van der Waals surface area contributed by atoms with E-state index in [1.165, 1.54) is 18.2 Å². The molecule has 1 aromatic carbocycles. The van der Waals surface area contributed by atoms with Gasteiger partial charge in [0.05, 0.1) is 10.5 Å². The molecule has 0 aliphatic heterocycles. The molecular weight excluding hydrogens is 236 g/mol. The number of ether oxygens (including phenoxy) is 1. The average Bonchev–Trinajstić information content (AvgIpc) is 2.25. The number of hydrogen-bond donors (Lipinski definition) is 1. The molecule has 0 bridgehead atoms. The summed E-state index contributed by atoms with van der Waals surface area (Å²) in [7, 11) is 0. The highest BCUT2D eigenvalue weighted by Crippen LogP contribution is 2.25. The van der Waals surface area contributed by atoms with E-state index in [0.29, 0.717) is 0 Å². The highest BCUT2D eigenvalue weighted by atomic mass is 16.6. The van der Waals surface area contributed by atoms with Crippen LogP contribution < -0.4 is 5.73 Å². The summed E-state index contributed by atoms with van der Waals surface area (Å²) in [6.07, 6.45) is 0. The SMILES string of the molecule is CC(C)(C)OC(=O)C(N)c1ccccc1[N+](=O)[O-]. The van der Waals surface area contributed by atoms with Crippen LogP contribution in [0.2, 0.25) is 0 Å². The molecule has 0 aromatic heterocycles. The summed E-state index contributed by atoms with van der Waals surface area (Å²) < 4.78 is 5.10. The summed E-state index contributed by atoms with van der Waals surface area (Å²) in [5.74, 6) is -0.684. The number of nitro groups is 1. The zero-order valence-corrected chi connectivity index (χ0v) is 10.5. The van der Waals surface area contributed by atoms with Crippen molar-refractivity contribution in [2.75, 3.05) is 0 Å². The van der Waals surface area contributed by atoms with Crippen molar-refractivity contribution >= 4 is 11.7 Å². The van der Waals surface area contributed by atoms with Crippen LogP contribution in [-0.4, -0.2) is 16.5 Å². The number of nitro benzene ring substituents is 1. The lowest BCUT2D eigenvalue weighted by Crippen LogP contribution is -2.31. The molecule has 1 unspecified atom stereocenters. The summed E-state index contributed by atoms with van der Waals surface area (Å²) in [6.45, 7) is 5.12. The highest BCUT2D eigenvalue weighted by Gasteiger charge is 2.28. The zero-order valence-electron chi connectivity index (χ0n) is 10.5. The second-order valence-corrected chi connectivity index (χ2v) is 4.83. The van der Waals surface area contributed by atoms with Gasteiger partial charge in [-0.25, -0.2) is 4.79 Å². The number of hydrogen-bond acceptors (Lipinski definition) is 5. The molecule has 0 fully saturated rings. The van der Waals surface area contributed by atoms with Crippen LogP contribution in [0.15, 0.2) is 24.3 Å². The third-order valence-electron chi connectivity index (χ3n) is 2.13. The van der Waals surface area contributed by atoms with Gasteiger partial charge in [-0.2, -0.15) is 0 Å². The first kappa shape index (κ1) is 14.1. The molecule has 0 amide bonds. The minimum Gasteiger partial charge on any atom is -0.459 e. The normalized spacial score (nSPS) is 12.9. The molecule has 0 heterocycles. The first-order valence-corrected chi connectivity index (χ1v) is 5.44. The Labute approximate surface area is 105 Å². The van der Waals surface area contributed by atoms with Crippen LogP contribution in [0.5, 0.6) is 0 Å². The van der Waals surface area contributed by atoms with Crippen molar-refractivity contribution in [3.8, 4) is 0 Å². The van der Waals surface area contributed by atoms with E-state index < -0.39 is 22.5 Å². The predicted molar refractivity (Wildman–Crippen MR) is 65.9 cm³/mol. The fourth-order valence-corrected chi connectivity index (χ4v) is 1.41. The fraction of sp³-hybridized carbons (Fsp3) is 0.417. The van der Waals surface area contributed by atoms with E-state index in [-0.39, 0.29) is 11.3 Å². The maximum absolute atomic E-state index is 11.8. The van der Waals surface area contributed by atoms with Gasteiger partial charge in [0, 0.05) is 6.07 Å². The molecule has 0 saturated heterocycles. The number of benzene rings is 1. The standard InChI is InChI=1S/C12H16N2O4/c1-12(2,3)18-11(15)10(13)8-6-4-5-7-9(8)14(16)17/h4-7,10H,13H2,1-3H3. The van der Waals surface area contributed by atoms with E-state index in [0.717, 1.165) is 0 Å². The highest BCUT2D eigenvalue weighted by molar-refractivity contribution is 5.79. The molecule has 0 spiro atoms. The van der Waals surface area contributed by atoms with Crippen molar-refractivity contribution in [3.63, 3.8) is 0 Å².